The Morgan fingerprint density at radius 3 is 1.71 bits per heavy atom. The number of hydrogen-bond donors (Lipinski definition) is 3. The molecule has 2 rings (SSSR count). The van der Waals surface area contributed by atoms with Crippen molar-refractivity contribution in [2.45, 2.75) is 6.92 Å². The molecule has 0 saturated carbocycles. The largest absolute Gasteiger partial charge is 0.322 e. The second-order valence-corrected chi connectivity index (χ2v) is 6.22. The van der Waals surface area contributed by atoms with E-state index in [0.717, 1.165) is 5.56 Å². The normalized spacial score (nSPS) is 11.8. The van der Waals surface area contributed by atoms with Crippen molar-refractivity contribution in [3.8, 4) is 0 Å². The van der Waals surface area contributed by atoms with E-state index in [4.69, 9.17) is 0 Å². The molecule has 1 unspecified atom stereocenters. The van der Waals surface area contributed by atoms with Gasteiger partial charge in [-0.25, -0.2) is 22.0 Å². The Bertz CT molecular complexity index is 874. The molecule has 28 heavy (non-hydrogen) atoms. The minimum atomic E-state index is -2.32. The Morgan fingerprint density at radius 1 is 0.786 bits per heavy atom. The van der Waals surface area contributed by atoms with Gasteiger partial charge in [0.1, 0.15) is 5.69 Å². The SMILES string of the molecule is Cc1ccc(NC(=O)C[NH+](C)CC(=O)Nc2c(F)c(F)c(F)c(F)c2F)cc1. The standard InChI is InChI=1S/C18H16F5N3O2/c1-9-3-5-10(6-4-9)24-11(27)7-26(2)8-12(28)25-18-16(22)14(20)13(19)15(21)17(18)23/h3-6H,7-8H2,1-2H3,(H,24,27)(H,25,28)/p+1. The number of hydrogen-bond acceptors (Lipinski definition) is 2. The van der Waals surface area contributed by atoms with E-state index in [-0.39, 0.29) is 6.54 Å². The predicted octanol–water partition coefficient (Wildman–Crippen LogP) is 1.78. The summed E-state index contributed by atoms with van der Waals surface area (Å²) < 4.78 is 66.4. The van der Waals surface area contributed by atoms with Crippen molar-refractivity contribution in [1.82, 2.24) is 0 Å². The maximum atomic E-state index is 13.6. The first-order valence-corrected chi connectivity index (χ1v) is 8.09. The number of amides is 2. The average Bonchev–Trinajstić information content (AvgIpc) is 2.63. The number of carbonyl (C=O) groups is 2. The highest BCUT2D eigenvalue weighted by Gasteiger charge is 2.27. The molecular weight excluding hydrogens is 385 g/mol. The number of anilines is 2. The minimum Gasteiger partial charge on any atom is -0.322 e. The first kappa shape index (κ1) is 21.3. The van der Waals surface area contributed by atoms with Gasteiger partial charge in [-0.15, -0.1) is 0 Å². The minimum absolute atomic E-state index is 0.168. The maximum Gasteiger partial charge on any atom is 0.279 e. The molecule has 1 atom stereocenters. The number of halogens is 5. The van der Waals surface area contributed by atoms with E-state index in [1.807, 2.05) is 6.92 Å². The second kappa shape index (κ2) is 8.79. The lowest BCUT2D eigenvalue weighted by Crippen LogP contribution is -3.11. The van der Waals surface area contributed by atoms with Gasteiger partial charge < -0.3 is 15.5 Å². The fourth-order valence-electron chi connectivity index (χ4n) is 2.35. The monoisotopic (exact) mass is 402 g/mol. The van der Waals surface area contributed by atoms with E-state index < -0.39 is 53.1 Å². The topological polar surface area (TPSA) is 62.6 Å². The molecule has 0 aliphatic rings. The lowest BCUT2D eigenvalue weighted by atomic mass is 10.2. The van der Waals surface area contributed by atoms with Gasteiger partial charge in [0.05, 0.1) is 7.05 Å². The third kappa shape index (κ3) is 5.03. The van der Waals surface area contributed by atoms with Crippen LogP contribution in [0.5, 0.6) is 0 Å². The highest BCUT2D eigenvalue weighted by molar-refractivity contribution is 5.93. The fourth-order valence-corrected chi connectivity index (χ4v) is 2.35. The number of rotatable bonds is 6. The summed E-state index contributed by atoms with van der Waals surface area (Å²) in [6.07, 6.45) is 0. The molecule has 5 nitrogen and oxygen atoms in total. The Kier molecular flexibility index (Phi) is 6.68. The number of nitrogens with one attached hydrogen (secondary N) is 3. The molecule has 3 N–H and O–H groups in total. The number of likely N-dealkylation sites (N-methyl/N-ethyl adjacent to an activating group) is 1. The summed E-state index contributed by atoms with van der Waals surface area (Å²) in [5, 5.41) is 4.27. The lowest BCUT2D eigenvalue weighted by Gasteiger charge is -2.14. The van der Waals surface area contributed by atoms with Crippen LogP contribution >= 0.6 is 0 Å². The molecule has 150 valence electrons. The van der Waals surface area contributed by atoms with Crippen LogP contribution in [0, 0.1) is 36.0 Å². The van der Waals surface area contributed by atoms with Crippen LogP contribution in [0.25, 0.3) is 0 Å². The summed E-state index contributed by atoms with van der Waals surface area (Å²) in [6.45, 7) is 1.27. The average molecular weight is 402 g/mol. The zero-order valence-corrected chi connectivity index (χ0v) is 14.9. The van der Waals surface area contributed by atoms with E-state index in [1.54, 1.807) is 29.6 Å². The first-order valence-electron chi connectivity index (χ1n) is 8.09. The Labute approximate surface area is 157 Å². The zero-order chi connectivity index (χ0) is 21.0. The van der Waals surface area contributed by atoms with E-state index in [2.05, 4.69) is 5.32 Å². The van der Waals surface area contributed by atoms with E-state index in [9.17, 15) is 31.5 Å². The molecule has 0 heterocycles. The number of aryl methyl sites for hydroxylation is 1. The Hall–Kier alpha value is -3.01. The van der Waals surface area contributed by atoms with Crippen molar-refractivity contribution in [1.29, 1.82) is 0 Å². The summed E-state index contributed by atoms with van der Waals surface area (Å²) in [5.74, 6) is -12.4. The number of benzene rings is 2. The van der Waals surface area contributed by atoms with E-state index in [1.165, 1.54) is 7.05 Å². The fraction of sp³-hybridized carbons (Fsp3) is 0.222. The van der Waals surface area contributed by atoms with Crippen molar-refractivity contribution in [3.05, 3.63) is 58.9 Å². The Balaban J connectivity index is 1.96. The van der Waals surface area contributed by atoms with Crippen LogP contribution in [0.1, 0.15) is 5.56 Å². The van der Waals surface area contributed by atoms with E-state index in [0.29, 0.717) is 10.6 Å². The van der Waals surface area contributed by atoms with Crippen LogP contribution < -0.4 is 15.5 Å². The molecule has 0 aromatic heterocycles. The molecule has 0 radical (unpaired) electrons. The lowest BCUT2D eigenvalue weighted by molar-refractivity contribution is -0.862. The van der Waals surface area contributed by atoms with Gasteiger partial charge in [0.2, 0.25) is 5.82 Å². The van der Waals surface area contributed by atoms with Gasteiger partial charge in [0, 0.05) is 5.69 Å². The number of carbonyl (C=O) groups excluding carboxylic acids is 2. The summed E-state index contributed by atoms with van der Waals surface area (Å²) in [6, 6.07) is 6.98. The third-order valence-electron chi connectivity index (χ3n) is 3.73. The van der Waals surface area contributed by atoms with Crippen molar-refractivity contribution in [2.24, 2.45) is 0 Å². The molecule has 0 spiro atoms. The quantitative estimate of drug-likeness (QED) is 0.392. The van der Waals surface area contributed by atoms with Gasteiger partial charge in [-0.05, 0) is 19.1 Å². The van der Waals surface area contributed by atoms with Crippen LogP contribution in [0.3, 0.4) is 0 Å². The summed E-state index contributed by atoms with van der Waals surface area (Å²) in [4.78, 5) is 24.2. The van der Waals surface area contributed by atoms with Gasteiger partial charge in [0.15, 0.2) is 36.4 Å². The Morgan fingerprint density at radius 2 is 1.21 bits per heavy atom. The smallest absolute Gasteiger partial charge is 0.279 e. The molecule has 0 aliphatic carbocycles. The molecule has 0 fully saturated rings. The van der Waals surface area contributed by atoms with E-state index >= 15 is 0 Å². The molecule has 0 aliphatic heterocycles. The van der Waals surface area contributed by atoms with Gasteiger partial charge in [-0.3, -0.25) is 9.59 Å². The van der Waals surface area contributed by atoms with Crippen molar-refractivity contribution >= 4 is 23.2 Å². The molecular formula is C18H17F5N3O2+. The van der Waals surface area contributed by atoms with Crippen molar-refractivity contribution < 1.29 is 36.4 Å². The zero-order valence-electron chi connectivity index (χ0n) is 14.9. The van der Waals surface area contributed by atoms with Crippen LogP contribution in [0.4, 0.5) is 33.3 Å². The van der Waals surface area contributed by atoms with Gasteiger partial charge in [-0.1, -0.05) is 17.7 Å². The first-order chi connectivity index (χ1) is 13.1. The highest BCUT2D eigenvalue weighted by Crippen LogP contribution is 2.26. The number of quaternary nitrogens is 1. The van der Waals surface area contributed by atoms with Crippen LogP contribution in [-0.2, 0) is 9.59 Å². The molecule has 10 heteroatoms. The molecule has 0 bridgehead atoms. The van der Waals surface area contributed by atoms with Crippen LogP contribution in [-0.4, -0.2) is 32.0 Å². The molecule has 2 aromatic carbocycles. The summed E-state index contributed by atoms with van der Waals surface area (Å²) >= 11 is 0. The third-order valence-corrected chi connectivity index (χ3v) is 3.73. The van der Waals surface area contributed by atoms with Gasteiger partial charge in [-0.2, -0.15) is 0 Å². The highest BCUT2D eigenvalue weighted by atomic mass is 19.2. The van der Waals surface area contributed by atoms with Crippen LogP contribution in [0.2, 0.25) is 0 Å². The molecule has 0 saturated heterocycles. The predicted molar refractivity (Wildman–Crippen MR) is 91.3 cm³/mol. The summed E-state index contributed by atoms with van der Waals surface area (Å²) in [7, 11) is 1.45. The molecule has 2 amide bonds. The summed E-state index contributed by atoms with van der Waals surface area (Å²) in [5.41, 5.74) is 0.123. The molecule has 2 aromatic rings. The van der Waals surface area contributed by atoms with Gasteiger partial charge in [0.25, 0.3) is 11.8 Å². The van der Waals surface area contributed by atoms with Crippen molar-refractivity contribution in [2.75, 3.05) is 30.8 Å². The maximum absolute atomic E-state index is 13.6. The van der Waals surface area contributed by atoms with Gasteiger partial charge >= 0.3 is 0 Å². The van der Waals surface area contributed by atoms with Crippen LogP contribution in [0.15, 0.2) is 24.3 Å². The van der Waals surface area contributed by atoms with Crippen molar-refractivity contribution in [3.63, 3.8) is 0 Å². The second-order valence-electron chi connectivity index (χ2n) is 6.22.